The first kappa shape index (κ1) is 15.8. The first-order valence-corrected chi connectivity index (χ1v) is 9.60. The summed E-state index contributed by atoms with van der Waals surface area (Å²) in [5, 5.41) is 0.755. The molecule has 0 aliphatic carbocycles. The molecule has 24 heavy (non-hydrogen) atoms. The number of amides is 1. The molecule has 0 bridgehead atoms. The Morgan fingerprint density at radius 2 is 1.88 bits per heavy atom. The van der Waals surface area contributed by atoms with Crippen LogP contribution in [-0.2, 0) is 11.3 Å². The molecule has 2 aromatic rings. The molecule has 2 aliphatic heterocycles. The molecular formula is C18H23N3O2S. The third-order valence-electron chi connectivity index (χ3n) is 5.31. The summed E-state index contributed by atoms with van der Waals surface area (Å²) in [6.07, 6.45) is 3.92. The number of rotatable bonds is 4. The smallest absolute Gasteiger partial charge is 0.268 e. The van der Waals surface area contributed by atoms with Gasteiger partial charge in [-0.15, -0.1) is 0 Å². The summed E-state index contributed by atoms with van der Waals surface area (Å²) in [7, 11) is 0. The lowest BCUT2D eigenvalue weighted by Crippen LogP contribution is -2.51. The summed E-state index contributed by atoms with van der Waals surface area (Å²) < 4.78 is 2.71. The van der Waals surface area contributed by atoms with E-state index in [0.717, 1.165) is 36.0 Å². The molecule has 6 heteroatoms. The molecule has 1 aromatic carbocycles. The summed E-state index contributed by atoms with van der Waals surface area (Å²) in [6, 6.07) is 8.31. The van der Waals surface area contributed by atoms with Crippen molar-refractivity contribution in [2.45, 2.75) is 38.3 Å². The molecule has 1 amide bonds. The Kier molecular flexibility index (Phi) is 4.41. The van der Waals surface area contributed by atoms with Crippen molar-refractivity contribution in [3.8, 4) is 0 Å². The van der Waals surface area contributed by atoms with Crippen LogP contribution in [-0.4, -0.2) is 51.9 Å². The van der Waals surface area contributed by atoms with Gasteiger partial charge in [0.05, 0.1) is 10.1 Å². The van der Waals surface area contributed by atoms with Crippen LogP contribution in [0.1, 0.15) is 25.7 Å². The fourth-order valence-electron chi connectivity index (χ4n) is 3.71. The second kappa shape index (κ2) is 6.69. The van der Waals surface area contributed by atoms with Gasteiger partial charge in [-0.25, -0.2) is 0 Å². The number of hydrogen-bond donors (Lipinski definition) is 0. The van der Waals surface area contributed by atoms with Crippen molar-refractivity contribution in [1.29, 1.82) is 0 Å². The Labute approximate surface area is 145 Å². The zero-order valence-electron chi connectivity index (χ0n) is 13.8. The van der Waals surface area contributed by atoms with Gasteiger partial charge in [0, 0.05) is 32.1 Å². The lowest BCUT2D eigenvalue weighted by molar-refractivity contribution is -0.133. The van der Waals surface area contributed by atoms with E-state index in [0.29, 0.717) is 19.0 Å². The molecule has 0 atom stereocenters. The SMILES string of the molecule is O=C(CCn1sc2ccccc2c1=O)N1CCC(N2CCC2)CC1. The molecule has 128 valence electrons. The molecule has 0 saturated carbocycles. The van der Waals surface area contributed by atoms with E-state index in [9.17, 15) is 9.59 Å². The van der Waals surface area contributed by atoms with Crippen molar-refractivity contribution in [3.05, 3.63) is 34.6 Å². The van der Waals surface area contributed by atoms with E-state index in [1.165, 1.54) is 31.0 Å². The first-order chi connectivity index (χ1) is 11.7. The standard InChI is InChI=1S/C18H23N3O2S/c22-17(20-11-6-14(7-12-20)19-9-3-10-19)8-13-21-18(23)15-4-1-2-5-16(15)24-21/h1-2,4-5,14H,3,6-13H2. The highest BCUT2D eigenvalue weighted by Gasteiger charge is 2.29. The fraction of sp³-hybridized carbons (Fsp3) is 0.556. The van der Waals surface area contributed by atoms with Crippen molar-refractivity contribution in [1.82, 2.24) is 13.8 Å². The molecule has 2 aliphatic rings. The van der Waals surface area contributed by atoms with E-state index < -0.39 is 0 Å². The van der Waals surface area contributed by atoms with Gasteiger partial charge in [-0.2, -0.15) is 0 Å². The molecule has 0 N–H and O–H groups in total. The van der Waals surface area contributed by atoms with Crippen LogP contribution in [0.25, 0.3) is 10.1 Å². The topological polar surface area (TPSA) is 45.6 Å². The predicted molar refractivity (Wildman–Crippen MR) is 96.5 cm³/mol. The quantitative estimate of drug-likeness (QED) is 0.853. The highest BCUT2D eigenvalue weighted by Crippen LogP contribution is 2.22. The van der Waals surface area contributed by atoms with E-state index in [-0.39, 0.29) is 11.5 Å². The largest absolute Gasteiger partial charge is 0.343 e. The molecule has 4 rings (SSSR count). The van der Waals surface area contributed by atoms with Crippen LogP contribution in [0.15, 0.2) is 29.1 Å². The van der Waals surface area contributed by atoms with Crippen LogP contribution in [0.5, 0.6) is 0 Å². The van der Waals surface area contributed by atoms with Crippen LogP contribution < -0.4 is 5.56 Å². The Bertz CT molecular complexity index is 785. The fourth-order valence-corrected chi connectivity index (χ4v) is 4.70. The van der Waals surface area contributed by atoms with Crippen LogP contribution >= 0.6 is 11.5 Å². The van der Waals surface area contributed by atoms with Gasteiger partial charge in [0.15, 0.2) is 0 Å². The maximum atomic E-state index is 12.5. The van der Waals surface area contributed by atoms with Crippen LogP contribution in [0.3, 0.4) is 0 Å². The normalized spacial score (nSPS) is 19.6. The molecule has 2 saturated heterocycles. The van der Waals surface area contributed by atoms with Gasteiger partial charge >= 0.3 is 0 Å². The Morgan fingerprint density at radius 3 is 2.54 bits per heavy atom. The Hall–Kier alpha value is -1.66. The number of carbonyl (C=O) groups excluding carboxylic acids is 1. The summed E-state index contributed by atoms with van der Waals surface area (Å²) in [5.74, 6) is 0.182. The number of hydrogen-bond acceptors (Lipinski definition) is 4. The van der Waals surface area contributed by atoms with Gasteiger partial charge in [0.1, 0.15) is 0 Å². The van der Waals surface area contributed by atoms with Gasteiger partial charge in [0.25, 0.3) is 5.56 Å². The number of fused-ring (bicyclic) bond motifs is 1. The van der Waals surface area contributed by atoms with Crippen molar-refractivity contribution in [3.63, 3.8) is 0 Å². The highest BCUT2D eigenvalue weighted by molar-refractivity contribution is 7.13. The molecule has 3 heterocycles. The number of piperidine rings is 1. The number of nitrogens with zero attached hydrogens (tertiary/aromatic N) is 3. The van der Waals surface area contributed by atoms with E-state index in [4.69, 9.17) is 0 Å². The number of likely N-dealkylation sites (tertiary alicyclic amines) is 2. The minimum atomic E-state index is 0.0277. The van der Waals surface area contributed by atoms with Crippen molar-refractivity contribution in [2.24, 2.45) is 0 Å². The summed E-state index contributed by atoms with van der Waals surface area (Å²) in [4.78, 5) is 29.3. The molecule has 2 fully saturated rings. The monoisotopic (exact) mass is 345 g/mol. The molecule has 0 radical (unpaired) electrons. The highest BCUT2D eigenvalue weighted by atomic mass is 32.1. The minimum absolute atomic E-state index is 0.0277. The van der Waals surface area contributed by atoms with Crippen LogP contribution in [0, 0.1) is 0 Å². The van der Waals surface area contributed by atoms with Crippen molar-refractivity contribution < 1.29 is 4.79 Å². The van der Waals surface area contributed by atoms with Gasteiger partial charge in [-0.1, -0.05) is 23.7 Å². The average molecular weight is 345 g/mol. The lowest BCUT2D eigenvalue weighted by Gasteiger charge is -2.43. The molecule has 0 unspecified atom stereocenters. The summed E-state index contributed by atoms with van der Waals surface area (Å²) >= 11 is 1.45. The zero-order chi connectivity index (χ0) is 16.5. The van der Waals surface area contributed by atoms with Crippen molar-refractivity contribution in [2.75, 3.05) is 26.2 Å². The van der Waals surface area contributed by atoms with Gasteiger partial charge in [-0.3, -0.25) is 13.5 Å². The van der Waals surface area contributed by atoms with E-state index in [1.807, 2.05) is 29.2 Å². The Balaban J connectivity index is 1.33. The second-order valence-corrected chi connectivity index (χ2v) is 7.81. The van der Waals surface area contributed by atoms with E-state index >= 15 is 0 Å². The number of benzene rings is 1. The number of aryl methyl sites for hydroxylation is 1. The molecule has 0 spiro atoms. The Morgan fingerprint density at radius 1 is 1.12 bits per heavy atom. The maximum Gasteiger partial charge on any atom is 0.268 e. The third kappa shape index (κ3) is 3.00. The van der Waals surface area contributed by atoms with Crippen molar-refractivity contribution >= 4 is 27.5 Å². The summed E-state index contributed by atoms with van der Waals surface area (Å²) in [6.45, 7) is 4.67. The molecular weight excluding hydrogens is 322 g/mol. The van der Waals surface area contributed by atoms with Gasteiger partial charge < -0.3 is 9.80 Å². The third-order valence-corrected chi connectivity index (χ3v) is 6.43. The van der Waals surface area contributed by atoms with E-state index in [2.05, 4.69) is 4.90 Å². The molecule has 5 nitrogen and oxygen atoms in total. The van der Waals surface area contributed by atoms with Crippen LogP contribution in [0.4, 0.5) is 0 Å². The molecule has 1 aromatic heterocycles. The second-order valence-electron chi connectivity index (χ2n) is 6.75. The first-order valence-electron chi connectivity index (χ1n) is 8.83. The average Bonchev–Trinajstić information content (AvgIpc) is 2.88. The summed E-state index contributed by atoms with van der Waals surface area (Å²) in [5.41, 5.74) is 0.0277. The minimum Gasteiger partial charge on any atom is -0.343 e. The van der Waals surface area contributed by atoms with Gasteiger partial charge in [0.2, 0.25) is 5.91 Å². The lowest BCUT2D eigenvalue weighted by atomic mass is 9.99. The number of aromatic nitrogens is 1. The zero-order valence-corrected chi connectivity index (χ0v) is 14.6. The van der Waals surface area contributed by atoms with Crippen LogP contribution in [0.2, 0.25) is 0 Å². The van der Waals surface area contributed by atoms with E-state index in [1.54, 1.807) is 3.96 Å². The maximum absolute atomic E-state index is 12.5. The van der Waals surface area contributed by atoms with Gasteiger partial charge in [-0.05, 0) is 44.5 Å². The predicted octanol–water partition coefficient (Wildman–Crippen LogP) is 2.15. The number of carbonyl (C=O) groups is 1.